The van der Waals surface area contributed by atoms with E-state index in [1.165, 1.54) is 0 Å². The number of anilines is 1. The van der Waals surface area contributed by atoms with Gasteiger partial charge in [0.1, 0.15) is 11.9 Å². The highest BCUT2D eigenvalue weighted by Gasteiger charge is 2.36. The van der Waals surface area contributed by atoms with Crippen molar-refractivity contribution in [2.75, 3.05) is 39.2 Å². The zero-order chi connectivity index (χ0) is 25.8. The van der Waals surface area contributed by atoms with Gasteiger partial charge in [0.2, 0.25) is 5.91 Å². The van der Waals surface area contributed by atoms with Crippen LogP contribution in [-0.2, 0) is 11.3 Å². The Kier molecular flexibility index (Phi) is 8.16. The summed E-state index contributed by atoms with van der Waals surface area (Å²) in [4.78, 5) is 30.0. The van der Waals surface area contributed by atoms with Crippen LogP contribution in [0.4, 0.5) is 5.69 Å². The SMILES string of the molecule is COc1ccc(CN(C)C[C@@H]2Oc3c(NC(=O)C4CC4)cccc3C(=O)N([C@H](C)CO)C[C@H]2C)cc1. The molecular weight excluding hydrogens is 458 g/mol. The lowest BCUT2D eigenvalue weighted by molar-refractivity contribution is -0.117. The molecule has 194 valence electrons. The van der Waals surface area contributed by atoms with Crippen LogP contribution in [0.15, 0.2) is 42.5 Å². The lowest BCUT2D eigenvalue weighted by atomic mass is 9.98. The van der Waals surface area contributed by atoms with Gasteiger partial charge in [-0.05, 0) is 56.6 Å². The van der Waals surface area contributed by atoms with Gasteiger partial charge in [-0.25, -0.2) is 0 Å². The largest absolute Gasteiger partial charge is 0.497 e. The number of amides is 2. The van der Waals surface area contributed by atoms with E-state index in [0.717, 1.165) is 30.7 Å². The summed E-state index contributed by atoms with van der Waals surface area (Å²) in [6, 6.07) is 12.9. The molecule has 8 heteroatoms. The minimum Gasteiger partial charge on any atom is -0.497 e. The van der Waals surface area contributed by atoms with Crippen molar-refractivity contribution in [2.45, 2.75) is 45.4 Å². The maximum Gasteiger partial charge on any atom is 0.258 e. The zero-order valence-corrected chi connectivity index (χ0v) is 21.6. The van der Waals surface area contributed by atoms with Crippen LogP contribution in [0.3, 0.4) is 0 Å². The molecule has 2 N–H and O–H groups in total. The van der Waals surface area contributed by atoms with Crippen LogP contribution in [0, 0.1) is 11.8 Å². The summed E-state index contributed by atoms with van der Waals surface area (Å²) in [5.74, 6) is 0.997. The van der Waals surface area contributed by atoms with E-state index in [4.69, 9.17) is 9.47 Å². The third kappa shape index (κ3) is 5.99. The standard InChI is InChI=1S/C28H37N3O5/c1-18-14-31(19(2)17-32)28(34)23-6-5-7-24(29-27(33)21-10-11-21)26(23)36-25(18)16-30(3)15-20-8-12-22(35-4)13-9-20/h5-9,12-13,18-19,21,25,32H,10-11,14-17H2,1-4H3,(H,29,33)/t18-,19-,25+/m1/s1. The quantitative estimate of drug-likeness (QED) is 0.554. The van der Waals surface area contributed by atoms with Gasteiger partial charge < -0.3 is 24.8 Å². The topological polar surface area (TPSA) is 91.3 Å². The van der Waals surface area contributed by atoms with Gasteiger partial charge in [0.25, 0.3) is 5.91 Å². The number of aliphatic hydroxyl groups excluding tert-OH is 1. The number of benzene rings is 2. The van der Waals surface area contributed by atoms with Crippen molar-refractivity contribution in [1.29, 1.82) is 0 Å². The first kappa shape index (κ1) is 26.0. The molecule has 0 radical (unpaired) electrons. The van der Waals surface area contributed by atoms with E-state index < -0.39 is 0 Å². The Balaban J connectivity index is 1.61. The molecule has 0 unspecified atom stereocenters. The van der Waals surface area contributed by atoms with Crippen molar-refractivity contribution in [3.05, 3.63) is 53.6 Å². The van der Waals surface area contributed by atoms with Gasteiger partial charge in [-0.3, -0.25) is 14.5 Å². The lowest BCUT2D eigenvalue weighted by Crippen LogP contribution is -2.49. The predicted octanol–water partition coefficient (Wildman–Crippen LogP) is 3.40. The third-order valence-corrected chi connectivity index (χ3v) is 7.00. The summed E-state index contributed by atoms with van der Waals surface area (Å²) in [6.07, 6.45) is 1.53. The molecule has 2 aromatic carbocycles. The maximum atomic E-state index is 13.5. The number of carbonyl (C=O) groups is 2. The number of carbonyl (C=O) groups excluding carboxylic acids is 2. The summed E-state index contributed by atoms with van der Waals surface area (Å²) in [7, 11) is 3.69. The maximum absolute atomic E-state index is 13.5. The van der Waals surface area contributed by atoms with Crippen LogP contribution >= 0.6 is 0 Å². The molecule has 0 saturated heterocycles. The number of hydrogen-bond acceptors (Lipinski definition) is 6. The van der Waals surface area contributed by atoms with Gasteiger partial charge in [0, 0.05) is 31.5 Å². The molecular formula is C28H37N3O5. The number of ether oxygens (including phenoxy) is 2. The minimum absolute atomic E-state index is 0.0124. The summed E-state index contributed by atoms with van der Waals surface area (Å²) < 4.78 is 11.8. The molecule has 0 spiro atoms. The van der Waals surface area contributed by atoms with Crippen LogP contribution < -0.4 is 14.8 Å². The monoisotopic (exact) mass is 495 g/mol. The molecule has 2 amide bonds. The Morgan fingerprint density at radius 2 is 1.97 bits per heavy atom. The molecule has 1 fully saturated rings. The fourth-order valence-electron chi connectivity index (χ4n) is 4.55. The molecule has 36 heavy (non-hydrogen) atoms. The van der Waals surface area contributed by atoms with E-state index in [9.17, 15) is 14.7 Å². The van der Waals surface area contributed by atoms with Gasteiger partial charge >= 0.3 is 0 Å². The molecule has 8 nitrogen and oxygen atoms in total. The van der Waals surface area contributed by atoms with Crippen LogP contribution in [0.2, 0.25) is 0 Å². The molecule has 0 bridgehead atoms. The number of para-hydroxylation sites is 1. The highest BCUT2D eigenvalue weighted by molar-refractivity contribution is 6.02. The fourth-order valence-corrected chi connectivity index (χ4v) is 4.55. The van der Waals surface area contributed by atoms with Crippen molar-refractivity contribution < 1.29 is 24.2 Å². The van der Waals surface area contributed by atoms with Crippen molar-refractivity contribution in [3.63, 3.8) is 0 Å². The van der Waals surface area contributed by atoms with Gasteiger partial charge in [0.15, 0.2) is 5.75 Å². The van der Waals surface area contributed by atoms with E-state index in [1.54, 1.807) is 30.2 Å². The van der Waals surface area contributed by atoms with E-state index in [0.29, 0.717) is 30.1 Å². The molecule has 1 saturated carbocycles. The number of nitrogens with one attached hydrogen (secondary N) is 1. The first-order valence-electron chi connectivity index (χ1n) is 12.6. The summed E-state index contributed by atoms with van der Waals surface area (Å²) in [6.45, 7) is 5.57. The number of nitrogens with zero attached hydrogens (tertiary/aromatic N) is 2. The Morgan fingerprint density at radius 3 is 2.61 bits per heavy atom. The van der Waals surface area contributed by atoms with Gasteiger partial charge in [-0.2, -0.15) is 0 Å². The highest BCUT2D eigenvalue weighted by atomic mass is 16.5. The van der Waals surface area contributed by atoms with Gasteiger partial charge in [0.05, 0.1) is 31.0 Å². The Morgan fingerprint density at radius 1 is 1.25 bits per heavy atom. The fraction of sp³-hybridized carbons (Fsp3) is 0.500. The second-order valence-corrected chi connectivity index (χ2v) is 10.1. The van der Waals surface area contributed by atoms with Crippen molar-refractivity contribution >= 4 is 17.5 Å². The number of rotatable bonds is 9. The van der Waals surface area contributed by atoms with Crippen LogP contribution in [-0.4, -0.2) is 72.7 Å². The summed E-state index contributed by atoms with van der Waals surface area (Å²) >= 11 is 0. The normalized spacial score (nSPS) is 20.7. The molecule has 3 atom stereocenters. The Hall–Kier alpha value is -3.10. The van der Waals surface area contributed by atoms with Crippen LogP contribution in [0.5, 0.6) is 11.5 Å². The number of methoxy groups -OCH3 is 1. The van der Waals surface area contributed by atoms with Crippen molar-refractivity contribution in [2.24, 2.45) is 11.8 Å². The molecule has 1 aliphatic carbocycles. The second-order valence-electron chi connectivity index (χ2n) is 10.1. The van der Waals surface area contributed by atoms with E-state index in [2.05, 4.69) is 17.1 Å². The van der Waals surface area contributed by atoms with Crippen LogP contribution in [0.25, 0.3) is 0 Å². The lowest BCUT2D eigenvalue weighted by Gasteiger charge is -2.38. The number of hydrogen-bond donors (Lipinski definition) is 2. The third-order valence-electron chi connectivity index (χ3n) is 7.00. The van der Waals surface area contributed by atoms with Gasteiger partial charge in [-0.1, -0.05) is 25.1 Å². The first-order valence-corrected chi connectivity index (χ1v) is 12.6. The van der Waals surface area contributed by atoms with Gasteiger partial charge in [-0.15, -0.1) is 0 Å². The molecule has 4 rings (SSSR count). The number of likely N-dealkylation sites (N-methyl/N-ethyl adjacent to an activating group) is 1. The molecule has 2 aliphatic rings. The summed E-state index contributed by atoms with van der Waals surface area (Å²) in [5.41, 5.74) is 2.07. The molecule has 0 aromatic heterocycles. The Bertz CT molecular complexity index is 1070. The smallest absolute Gasteiger partial charge is 0.258 e. The molecule has 2 aromatic rings. The minimum atomic E-state index is -0.340. The average molecular weight is 496 g/mol. The molecule has 1 heterocycles. The van der Waals surface area contributed by atoms with E-state index >= 15 is 0 Å². The van der Waals surface area contributed by atoms with Crippen molar-refractivity contribution in [1.82, 2.24) is 9.80 Å². The van der Waals surface area contributed by atoms with Crippen LogP contribution in [0.1, 0.15) is 42.6 Å². The molecule has 1 aliphatic heterocycles. The summed E-state index contributed by atoms with van der Waals surface area (Å²) in [5, 5.41) is 12.8. The van der Waals surface area contributed by atoms with E-state index in [-0.39, 0.29) is 42.4 Å². The van der Waals surface area contributed by atoms with Crippen molar-refractivity contribution in [3.8, 4) is 11.5 Å². The Labute approximate surface area is 213 Å². The number of aliphatic hydroxyl groups is 1. The average Bonchev–Trinajstić information content (AvgIpc) is 3.72. The highest BCUT2D eigenvalue weighted by Crippen LogP contribution is 2.37. The zero-order valence-electron chi connectivity index (χ0n) is 21.6. The van der Waals surface area contributed by atoms with E-state index in [1.807, 2.05) is 38.2 Å². The number of fused-ring (bicyclic) bond motifs is 1. The predicted molar refractivity (Wildman–Crippen MR) is 138 cm³/mol. The second kappa shape index (κ2) is 11.3. The first-order chi connectivity index (χ1) is 17.3.